The molecule has 0 heterocycles. The number of thiocarbonyl (C=S) groups is 2. The van der Waals surface area contributed by atoms with E-state index in [1.54, 1.807) is 0 Å². The van der Waals surface area contributed by atoms with Crippen LogP contribution in [-0.4, -0.2) is 21.3 Å². The highest BCUT2D eigenvalue weighted by atomic mass is 32.1. The van der Waals surface area contributed by atoms with Gasteiger partial charge in [-0.05, 0) is 11.1 Å². The van der Waals surface area contributed by atoms with Crippen molar-refractivity contribution in [3.63, 3.8) is 0 Å². The minimum atomic E-state index is -0.483. The first kappa shape index (κ1) is 23.2. The molecule has 0 fully saturated rings. The van der Waals surface area contributed by atoms with Crippen LogP contribution in [-0.2, 0) is 9.59 Å². The van der Waals surface area contributed by atoms with Crippen LogP contribution >= 0.6 is 24.4 Å². The lowest BCUT2D eigenvalue weighted by atomic mass is 9.78. The maximum absolute atomic E-state index is 12.6. The molecule has 0 atom stereocenters. The third kappa shape index (κ3) is 6.48. The van der Waals surface area contributed by atoms with Crippen LogP contribution < -0.4 is 0 Å². The summed E-state index contributed by atoms with van der Waals surface area (Å²) in [6.07, 6.45) is 0.410. The quantitative estimate of drug-likeness (QED) is 0.259. The fraction of sp³-hybridized carbons (Fsp3) is 0.360. The van der Waals surface area contributed by atoms with Gasteiger partial charge >= 0.3 is 0 Å². The second-order valence-electron chi connectivity index (χ2n) is 8.77. The Bertz CT molecular complexity index is 821. The molecule has 0 aliphatic heterocycles. The fourth-order valence-corrected chi connectivity index (χ4v) is 3.87. The number of rotatable bonds is 10. The summed E-state index contributed by atoms with van der Waals surface area (Å²) in [4.78, 5) is 26.7. The molecule has 2 aromatic rings. The molecule has 2 rings (SSSR count). The van der Waals surface area contributed by atoms with E-state index in [1.807, 2.05) is 88.4 Å². The number of Topliss-reactive ketones (excluding diaryl/α,β-unsaturated/α-hetero) is 2. The number of benzene rings is 2. The molecule has 152 valence electrons. The van der Waals surface area contributed by atoms with E-state index < -0.39 is 10.8 Å². The van der Waals surface area contributed by atoms with Crippen molar-refractivity contribution >= 4 is 45.7 Å². The SMILES string of the molecule is CC(C)(CC(=O)CC(=O)CC(C)(C)C(=S)c1ccccc1)C(=S)c1ccccc1. The van der Waals surface area contributed by atoms with Crippen molar-refractivity contribution in [2.45, 2.75) is 47.0 Å². The van der Waals surface area contributed by atoms with E-state index in [4.69, 9.17) is 24.4 Å². The Hall–Kier alpha value is -2.04. The molecule has 0 N–H and O–H groups in total. The van der Waals surface area contributed by atoms with Crippen molar-refractivity contribution in [3.05, 3.63) is 71.8 Å². The summed E-state index contributed by atoms with van der Waals surface area (Å²) in [6.45, 7) is 7.83. The molecule has 0 aliphatic carbocycles. The van der Waals surface area contributed by atoms with Crippen molar-refractivity contribution < 1.29 is 9.59 Å². The van der Waals surface area contributed by atoms with Crippen LogP contribution in [0.15, 0.2) is 60.7 Å². The van der Waals surface area contributed by atoms with Gasteiger partial charge in [-0.15, -0.1) is 0 Å². The van der Waals surface area contributed by atoms with Gasteiger partial charge in [0.05, 0.1) is 6.42 Å². The van der Waals surface area contributed by atoms with Crippen LogP contribution in [0.2, 0.25) is 0 Å². The van der Waals surface area contributed by atoms with Crippen molar-refractivity contribution in [2.24, 2.45) is 10.8 Å². The van der Waals surface area contributed by atoms with E-state index >= 15 is 0 Å². The molecule has 0 unspecified atom stereocenters. The van der Waals surface area contributed by atoms with Gasteiger partial charge in [-0.2, -0.15) is 0 Å². The minimum absolute atomic E-state index is 0.0817. The number of hydrogen-bond donors (Lipinski definition) is 0. The number of carbonyl (C=O) groups is 2. The average Bonchev–Trinajstić information content (AvgIpc) is 2.67. The van der Waals surface area contributed by atoms with E-state index in [1.165, 1.54) is 0 Å². The molecule has 0 radical (unpaired) electrons. The zero-order valence-corrected chi connectivity index (χ0v) is 19.2. The van der Waals surface area contributed by atoms with Crippen LogP contribution in [0.25, 0.3) is 0 Å². The molecular weight excluding hydrogens is 396 g/mol. The molecular formula is C25H28O2S2. The molecule has 2 nitrogen and oxygen atoms in total. The monoisotopic (exact) mass is 424 g/mol. The van der Waals surface area contributed by atoms with E-state index in [0.717, 1.165) is 20.9 Å². The van der Waals surface area contributed by atoms with E-state index in [-0.39, 0.29) is 30.8 Å². The van der Waals surface area contributed by atoms with E-state index in [2.05, 4.69) is 0 Å². The Labute approximate surface area is 184 Å². The summed E-state index contributed by atoms with van der Waals surface area (Å²) in [6, 6.07) is 19.4. The second-order valence-corrected chi connectivity index (χ2v) is 9.58. The predicted molar refractivity (Wildman–Crippen MR) is 128 cm³/mol. The van der Waals surface area contributed by atoms with Gasteiger partial charge in [0.2, 0.25) is 0 Å². The summed E-state index contributed by atoms with van der Waals surface area (Å²) in [7, 11) is 0. The van der Waals surface area contributed by atoms with Gasteiger partial charge in [0.25, 0.3) is 0 Å². The smallest absolute Gasteiger partial charge is 0.141 e. The lowest BCUT2D eigenvalue weighted by Gasteiger charge is -2.27. The molecule has 0 bridgehead atoms. The maximum Gasteiger partial charge on any atom is 0.141 e. The van der Waals surface area contributed by atoms with Crippen molar-refractivity contribution in [1.82, 2.24) is 0 Å². The Morgan fingerprint density at radius 1 is 0.655 bits per heavy atom. The lowest BCUT2D eigenvalue weighted by Crippen LogP contribution is -2.30. The summed E-state index contributed by atoms with van der Waals surface area (Å²) < 4.78 is 0. The van der Waals surface area contributed by atoms with E-state index in [0.29, 0.717) is 0 Å². The topological polar surface area (TPSA) is 34.1 Å². The number of hydrogen-bond acceptors (Lipinski definition) is 4. The third-order valence-corrected chi connectivity index (χ3v) is 6.55. The van der Waals surface area contributed by atoms with Gasteiger partial charge in [-0.1, -0.05) is 113 Å². The summed E-state index contributed by atoms with van der Waals surface area (Å²) >= 11 is 11.2. The standard InChI is InChI=1S/C25H28O2S2/c1-24(2,22(28)18-11-7-5-8-12-18)16-20(26)15-21(27)17-25(3,4)23(29)19-13-9-6-10-14-19/h5-14H,15-17H2,1-4H3. The van der Waals surface area contributed by atoms with Crippen LogP contribution in [0.1, 0.15) is 58.1 Å². The highest BCUT2D eigenvalue weighted by Crippen LogP contribution is 2.30. The summed E-state index contributed by atoms with van der Waals surface area (Å²) in [5.74, 6) is -0.167. The molecule has 2 aromatic carbocycles. The Morgan fingerprint density at radius 3 is 1.28 bits per heavy atom. The van der Waals surface area contributed by atoms with Crippen LogP contribution in [0.5, 0.6) is 0 Å². The first-order valence-electron chi connectivity index (χ1n) is 9.76. The van der Waals surface area contributed by atoms with Crippen LogP contribution in [0, 0.1) is 10.8 Å². The van der Waals surface area contributed by atoms with Gasteiger partial charge in [0.15, 0.2) is 0 Å². The molecule has 0 spiro atoms. The number of ketones is 2. The van der Waals surface area contributed by atoms with Crippen molar-refractivity contribution in [1.29, 1.82) is 0 Å². The number of carbonyl (C=O) groups excluding carboxylic acids is 2. The molecule has 29 heavy (non-hydrogen) atoms. The summed E-state index contributed by atoms with van der Waals surface area (Å²) in [5, 5.41) is 0. The Morgan fingerprint density at radius 2 is 0.966 bits per heavy atom. The highest BCUT2D eigenvalue weighted by molar-refractivity contribution is 7.81. The van der Waals surface area contributed by atoms with Gasteiger partial charge in [0.1, 0.15) is 11.6 Å². The van der Waals surface area contributed by atoms with Gasteiger partial charge < -0.3 is 0 Å². The third-order valence-electron chi connectivity index (χ3n) is 4.97. The Kier molecular flexibility index (Phi) is 7.73. The zero-order valence-electron chi connectivity index (χ0n) is 17.5. The zero-order chi connectivity index (χ0) is 21.7. The van der Waals surface area contributed by atoms with Crippen LogP contribution in [0.3, 0.4) is 0 Å². The molecule has 0 amide bonds. The van der Waals surface area contributed by atoms with E-state index in [9.17, 15) is 9.59 Å². The maximum atomic E-state index is 12.6. The average molecular weight is 425 g/mol. The van der Waals surface area contributed by atoms with Crippen molar-refractivity contribution in [2.75, 3.05) is 0 Å². The van der Waals surface area contributed by atoms with Gasteiger partial charge in [0, 0.05) is 33.4 Å². The molecule has 0 aromatic heterocycles. The molecule has 0 saturated carbocycles. The van der Waals surface area contributed by atoms with Crippen molar-refractivity contribution in [3.8, 4) is 0 Å². The minimum Gasteiger partial charge on any atom is -0.299 e. The predicted octanol–water partition coefficient (Wildman–Crippen LogP) is 6.18. The molecule has 0 saturated heterocycles. The molecule has 4 heteroatoms. The van der Waals surface area contributed by atoms with Gasteiger partial charge in [-0.25, -0.2) is 0 Å². The first-order chi connectivity index (χ1) is 13.5. The normalized spacial score (nSPS) is 11.7. The first-order valence-corrected chi connectivity index (χ1v) is 10.6. The largest absolute Gasteiger partial charge is 0.299 e. The second kappa shape index (κ2) is 9.64. The van der Waals surface area contributed by atoms with Gasteiger partial charge in [-0.3, -0.25) is 9.59 Å². The molecule has 0 aliphatic rings. The highest BCUT2D eigenvalue weighted by Gasteiger charge is 2.31. The lowest BCUT2D eigenvalue weighted by molar-refractivity contribution is -0.128. The summed E-state index contributed by atoms with van der Waals surface area (Å²) in [5.41, 5.74) is 0.924. The Balaban J connectivity index is 1.97. The fourth-order valence-electron chi connectivity index (χ4n) is 3.45. The van der Waals surface area contributed by atoms with Crippen LogP contribution in [0.4, 0.5) is 0 Å².